The number of ether oxygens (including phenoxy) is 3. The molecule has 0 spiro atoms. The molecule has 178 valence electrons. The van der Waals surface area contributed by atoms with Crippen molar-refractivity contribution in [1.29, 1.82) is 0 Å². The van der Waals surface area contributed by atoms with Crippen molar-refractivity contribution in [3.8, 4) is 23.0 Å². The minimum atomic E-state index is -1.33. The van der Waals surface area contributed by atoms with Crippen LogP contribution in [0.4, 0.5) is 10.5 Å². The quantitative estimate of drug-likeness (QED) is 0.526. The average molecular weight is 473 g/mol. The molecular formula is C26H23N3O6. The van der Waals surface area contributed by atoms with Gasteiger partial charge in [0.25, 0.3) is 5.91 Å². The lowest BCUT2D eigenvalue weighted by Crippen LogP contribution is -2.42. The number of rotatable bonds is 6. The second-order valence-corrected chi connectivity index (χ2v) is 8.50. The van der Waals surface area contributed by atoms with Gasteiger partial charge in [0.15, 0.2) is 11.5 Å². The fourth-order valence-electron chi connectivity index (χ4n) is 3.94. The molecule has 2 aliphatic heterocycles. The Morgan fingerprint density at radius 1 is 1.00 bits per heavy atom. The summed E-state index contributed by atoms with van der Waals surface area (Å²) < 4.78 is 16.5. The fourth-order valence-corrected chi connectivity index (χ4v) is 3.94. The van der Waals surface area contributed by atoms with E-state index in [0.717, 1.165) is 10.5 Å². The van der Waals surface area contributed by atoms with Crippen molar-refractivity contribution in [3.63, 3.8) is 0 Å². The monoisotopic (exact) mass is 473 g/mol. The molecule has 2 aliphatic rings. The smallest absolute Gasteiger partial charge is 0.325 e. The van der Waals surface area contributed by atoms with Gasteiger partial charge in [-0.1, -0.05) is 23.8 Å². The van der Waals surface area contributed by atoms with Crippen molar-refractivity contribution in [1.82, 2.24) is 10.2 Å². The van der Waals surface area contributed by atoms with Crippen LogP contribution in [-0.2, 0) is 15.1 Å². The molecule has 4 amide bonds. The highest BCUT2D eigenvalue weighted by molar-refractivity contribution is 6.10. The van der Waals surface area contributed by atoms with Crippen LogP contribution in [0.3, 0.4) is 0 Å². The van der Waals surface area contributed by atoms with Crippen molar-refractivity contribution in [2.24, 2.45) is 0 Å². The van der Waals surface area contributed by atoms with E-state index in [0.29, 0.717) is 34.2 Å². The van der Waals surface area contributed by atoms with Gasteiger partial charge < -0.3 is 24.8 Å². The molecule has 9 nitrogen and oxygen atoms in total. The van der Waals surface area contributed by atoms with E-state index in [4.69, 9.17) is 14.2 Å². The van der Waals surface area contributed by atoms with Gasteiger partial charge in [0.05, 0.1) is 0 Å². The summed E-state index contributed by atoms with van der Waals surface area (Å²) in [6, 6.07) is 18.9. The molecule has 0 saturated carbocycles. The van der Waals surface area contributed by atoms with E-state index in [1.165, 1.54) is 0 Å². The zero-order valence-corrected chi connectivity index (χ0v) is 19.2. The van der Waals surface area contributed by atoms with Gasteiger partial charge in [0.1, 0.15) is 23.6 Å². The SMILES string of the molecule is Cc1ccc(Oc2ccc(NC(=O)CN3C(=O)NC(C)(c4ccc5c(c4)OCO5)C3=O)cc2)cc1. The number of imide groups is 1. The molecule has 2 heterocycles. The van der Waals surface area contributed by atoms with Gasteiger partial charge in [0, 0.05) is 5.69 Å². The number of nitrogens with zero attached hydrogens (tertiary/aromatic N) is 1. The summed E-state index contributed by atoms with van der Waals surface area (Å²) in [5.41, 5.74) is 0.855. The third-order valence-electron chi connectivity index (χ3n) is 5.92. The van der Waals surface area contributed by atoms with Gasteiger partial charge in [-0.3, -0.25) is 14.5 Å². The van der Waals surface area contributed by atoms with Crippen molar-refractivity contribution in [2.75, 3.05) is 18.7 Å². The maximum absolute atomic E-state index is 13.1. The van der Waals surface area contributed by atoms with Crippen LogP contribution in [0.1, 0.15) is 18.1 Å². The number of urea groups is 1. The van der Waals surface area contributed by atoms with Gasteiger partial charge >= 0.3 is 6.03 Å². The van der Waals surface area contributed by atoms with E-state index in [1.807, 2.05) is 31.2 Å². The summed E-state index contributed by atoms with van der Waals surface area (Å²) in [6.07, 6.45) is 0. The Kier molecular flexibility index (Phi) is 5.52. The standard InChI is InChI=1S/C26H23N3O6/c1-16-3-8-19(9-4-16)35-20-10-6-18(7-11-20)27-23(30)14-29-24(31)26(2,28-25(29)32)17-5-12-21-22(13-17)34-15-33-21/h3-13H,14-15H2,1-2H3,(H,27,30)(H,28,32). The maximum Gasteiger partial charge on any atom is 0.325 e. The molecule has 3 aromatic rings. The number of carbonyl (C=O) groups is 3. The van der Waals surface area contributed by atoms with E-state index >= 15 is 0 Å². The molecule has 2 N–H and O–H groups in total. The maximum atomic E-state index is 13.1. The number of hydrogen-bond acceptors (Lipinski definition) is 6. The van der Waals surface area contributed by atoms with Crippen LogP contribution in [0, 0.1) is 6.92 Å². The lowest BCUT2D eigenvalue weighted by molar-refractivity contribution is -0.133. The van der Waals surface area contributed by atoms with E-state index in [-0.39, 0.29) is 6.79 Å². The molecule has 9 heteroatoms. The topological polar surface area (TPSA) is 106 Å². The zero-order chi connectivity index (χ0) is 24.6. The molecule has 0 aromatic heterocycles. The van der Waals surface area contributed by atoms with Gasteiger partial charge in [-0.15, -0.1) is 0 Å². The number of benzene rings is 3. The van der Waals surface area contributed by atoms with Crippen LogP contribution in [0.5, 0.6) is 23.0 Å². The molecule has 0 radical (unpaired) electrons. The fraction of sp³-hybridized carbons (Fsp3) is 0.192. The van der Waals surface area contributed by atoms with Gasteiger partial charge in [0.2, 0.25) is 12.7 Å². The first kappa shape index (κ1) is 22.3. The molecule has 1 fully saturated rings. The van der Waals surface area contributed by atoms with Gasteiger partial charge in [-0.2, -0.15) is 0 Å². The lowest BCUT2D eigenvalue weighted by atomic mass is 9.91. The summed E-state index contributed by atoms with van der Waals surface area (Å²) in [6.45, 7) is 3.27. The average Bonchev–Trinajstić information content (AvgIpc) is 3.40. The number of carbonyl (C=O) groups excluding carboxylic acids is 3. The molecular weight excluding hydrogens is 450 g/mol. The number of amides is 4. The van der Waals surface area contributed by atoms with Crippen molar-refractivity contribution in [2.45, 2.75) is 19.4 Å². The number of fused-ring (bicyclic) bond motifs is 1. The number of hydrogen-bond donors (Lipinski definition) is 2. The van der Waals surface area contributed by atoms with Crippen molar-refractivity contribution in [3.05, 3.63) is 77.9 Å². The Morgan fingerprint density at radius 3 is 2.37 bits per heavy atom. The van der Waals surface area contributed by atoms with Gasteiger partial charge in [-0.05, 0) is 67.9 Å². The predicted molar refractivity (Wildman–Crippen MR) is 126 cm³/mol. The highest BCUT2D eigenvalue weighted by Crippen LogP contribution is 2.37. The van der Waals surface area contributed by atoms with E-state index in [2.05, 4.69) is 10.6 Å². The summed E-state index contributed by atoms with van der Waals surface area (Å²) in [4.78, 5) is 39.2. The third-order valence-corrected chi connectivity index (χ3v) is 5.92. The first-order valence-corrected chi connectivity index (χ1v) is 11.0. The minimum Gasteiger partial charge on any atom is -0.457 e. The van der Waals surface area contributed by atoms with Crippen LogP contribution in [0.15, 0.2) is 66.7 Å². The molecule has 1 unspecified atom stereocenters. The third kappa shape index (κ3) is 4.35. The van der Waals surface area contributed by atoms with Crippen molar-refractivity contribution >= 4 is 23.5 Å². The molecule has 0 bridgehead atoms. The summed E-state index contributed by atoms with van der Waals surface area (Å²) in [5, 5.41) is 5.39. The second-order valence-electron chi connectivity index (χ2n) is 8.50. The Hall–Kier alpha value is -4.53. The second kappa shape index (κ2) is 8.68. The van der Waals surface area contributed by atoms with Crippen LogP contribution >= 0.6 is 0 Å². The Morgan fingerprint density at radius 2 is 1.66 bits per heavy atom. The zero-order valence-electron chi connectivity index (χ0n) is 19.2. The largest absolute Gasteiger partial charge is 0.457 e. The van der Waals surface area contributed by atoms with E-state index < -0.39 is 29.9 Å². The molecule has 0 aliphatic carbocycles. The first-order chi connectivity index (χ1) is 16.8. The number of aryl methyl sites for hydroxylation is 1. The Labute approximate surface area is 201 Å². The number of anilines is 1. The molecule has 5 rings (SSSR count). The Bertz CT molecular complexity index is 1310. The molecule has 35 heavy (non-hydrogen) atoms. The molecule has 3 aromatic carbocycles. The highest BCUT2D eigenvalue weighted by Gasteiger charge is 2.49. The molecule has 1 saturated heterocycles. The normalized spacial score (nSPS) is 18.4. The van der Waals surface area contributed by atoms with Crippen LogP contribution in [-0.4, -0.2) is 36.1 Å². The van der Waals surface area contributed by atoms with Crippen LogP contribution in [0.25, 0.3) is 0 Å². The first-order valence-electron chi connectivity index (χ1n) is 11.0. The summed E-state index contributed by atoms with van der Waals surface area (Å²) in [5.74, 6) is 1.35. The summed E-state index contributed by atoms with van der Waals surface area (Å²) >= 11 is 0. The van der Waals surface area contributed by atoms with Gasteiger partial charge in [-0.25, -0.2) is 4.79 Å². The van der Waals surface area contributed by atoms with Crippen LogP contribution in [0.2, 0.25) is 0 Å². The molecule has 1 atom stereocenters. The predicted octanol–water partition coefficient (Wildman–Crippen LogP) is 3.92. The Balaban J connectivity index is 1.22. The van der Waals surface area contributed by atoms with E-state index in [9.17, 15) is 14.4 Å². The minimum absolute atomic E-state index is 0.0984. The summed E-state index contributed by atoms with van der Waals surface area (Å²) in [7, 11) is 0. The highest BCUT2D eigenvalue weighted by atomic mass is 16.7. The number of nitrogens with one attached hydrogen (secondary N) is 2. The van der Waals surface area contributed by atoms with E-state index in [1.54, 1.807) is 49.4 Å². The van der Waals surface area contributed by atoms with Crippen molar-refractivity contribution < 1.29 is 28.6 Å². The van der Waals surface area contributed by atoms with Crippen LogP contribution < -0.4 is 24.8 Å². The lowest BCUT2D eigenvalue weighted by Gasteiger charge is -2.22.